The van der Waals surface area contributed by atoms with Crippen LogP contribution >= 0.6 is 0 Å². The fraction of sp³-hybridized carbons (Fsp3) is 0.385. The van der Waals surface area contributed by atoms with E-state index in [1.165, 1.54) is 95.0 Å². The average molecular weight is 692 g/mol. The number of fused-ring (bicyclic) bond motifs is 5. The number of benzene rings is 5. The van der Waals surface area contributed by atoms with Crippen molar-refractivity contribution >= 4 is 27.8 Å². The van der Waals surface area contributed by atoms with Crippen LogP contribution in [0.3, 0.4) is 0 Å². The lowest BCUT2D eigenvalue weighted by molar-refractivity contribution is -0.0761. The van der Waals surface area contributed by atoms with Gasteiger partial charge in [0.15, 0.2) is 0 Å². The molecule has 53 heavy (non-hydrogen) atoms. The van der Waals surface area contributed by atoms with Gasteiger partial charge in [0.1, 0.15) is 0 Å². The van der Waals surface area contributed by atoms with Gasteiger partial charge in [-0.1, -0.05) is 125 Å². The van der Waals surface area contributed by atoms with Crippen LogP contribution in [0, 0.1) is 29.6 Å². The topological polar surface area (TPSA) is 3.24 Å². The second-order valence-corrected chi connectivity index (χ2v) is 19.2. The number of hydrogen-bond acceptors (Lipinski definition) is 1. The molecule has 7 aliphatic rings. The standard InChI is InChI=1S/C52H53N/c1-50(2)25-26-51(3,4)49-46(50)17-10-18-48(49)53(39-21-19-36(20-22-39)42-15-9-12-35-11-5-6-13-41(35)42)40-23-24-44-43-14-7-8-16-45(43)52(47(44)32-40)37-28-33-27-34(30-37)31-38(52)29-33/h5-24,32-34,37-38,43,45H,25-31H2,1-4H3. The first kappa shape index (κ1) is 32.1. The van der Waals surface area contributed by atoms with Crippen molar-refractivity contribution in [1.82, 2.24) is 0 Å². The fourth-order valence-electron chi connectivity index (χ4n) is 13.4. The van der Waals surface area contributed by atoms with Gasteiger partial charge in [-0.3, -0.25) is 0 Å². The predicted molar refractivity (Wildman–Crippen MR) is 223 cm³/mol. The van der Waals surface area contributed by atoms with E-state index in [0.717, 1.165) is 23.7 Å². The highest BCUT2D eigenvalue weighted by Crippen LogP contribution is 2.71. The average Bonchev–Trinajstić information content (AvgIpc) is 3.46. The maximum Gasteiger partial charge on any atom is 0.0502 e. The van der Waals surface area contributed by atoms with Gasteiger partial charge in [-0.05, 0) is 160 Å². The Morgan fingerprint density at radius 3 is 2.06 bits per heavy atom. The third-order valence-electron chi connectivity index (χ3n) is 15.6. The van der Waals surface area contributed by atoms with E-state index < -0.39 is 0 Å². The molecule has 0 N–H and O–H groups in total. The molecule has 1 nitrogen and oxygen atoms in total. The number of allylic oxidation sites excluding steroid dienone is 4. The van der Waals surface area contributed by atoms with Crippen LogP contribution in [0.2, 0.25) is 0 Å². The summed E-state index contributed by atoms with van der Waals surface area (Å²) in [5.74, 6) is 4.60. The third kappa shape index (κ3) is 4.55. The maximum absolute atomic E-state index is 2.72. The minimum atomic E-state index is 0.0759. The molecule has 0 saturated heterocycles. The summed E-state index contributed by atoms with van der Waals surface area (Å²) in [7, 11) is 0. The van der Waals surface area contributed by atoms with Gasteiger partial charge in [0.25, 0.3) is 0 Å². The predicted octanol–water partition coefficient (Wildman–Crippen LogP) is 13.9. The zero-order valence-electron chi connectivity index (χ0n) is 32.0. The molecule has 4 saturated carbocycles. The summed E-state index contributed by atoms with van der Waals surface area (Å²) in [6, 6.07) is 40.0. The molecule has 5 aromatic rings. The van der Waals surface area contributed by atoms with Crippen LogP contribution < -0.4 is 4.90 Å². The summed E-state index contributed by atoms with van der Waals surface area (Å²) >= 11 is 0. The lowest BCUT2D eigenvalue weighted by atomic mass is 9.41. The van der Waals surface area contributed by atoms with E-state index in [1.54, 1.807) is 11.1 Å². The van der Waals surface area contributed by atoms with Crippen LogP contribution in [0.15, 0.2) is 127 Å². The van der Waals surface area contributed by atoms with Crippen molar-refractivity contribution in [2.45, 2.75) is 94.8 Å². The van der Waals surface area contributed by atoms with Gasteiger partial charge in [-0.25, -0.2) is 0 Å². The van der Waals surface area contributed by atoms with Crippen molar-refractivity contribution < 1.29 is 0 Å². The highest BCUT2D eigenvalue weighted by atomic mass is 15.1. The van der Waals surface area contributed by atoms with Gasteiger partial charge >= 0.3 is 0 Å². The van der Waals surface area contributed by atoms with Crippen molar-refractivity contribution in [2.24, 2.45) is 29.6 Å². The second-order valence-electron chi connectivity index (χ2n) is 19.2. The van der Waals surface area contributed by atoms with Gasteiger partial charge in [-0.15, -0.1) is 0 Å². The Morgan fingerprint density at radius 1 is 0.585 bits per heavy atom. The summed E-state index contributed by atoms with van der Waals surface area (Å²) in [4.78, 5) is 2.66. The molecule has 4 fully saturated rings. The number of rotatable bonds is 4. The molecule has 2 unspecified atom stereocenters. The Balaban J connectivity index is 1.12. The summed E-state index contributed by atoms with van der Waals surface area (Å²) in [6.07, 6.45) is 19.5. The Morgan fingerprint density at radius 2 is 1.26 bits per heavy atom. The molecule has 12 rings (SSSR count). The third-order valence-corrected chi connectivity index (χ3v) is 15.6. The Kier molecular flexibility index (Phi) is 6.86. The van der Waals surface area contributed by atoms with Crippen LogP contribution in [0.1, 0.15) is 101 Å². The smallest absolute Gasteiger partial charge is 0.0502 e. The highest BCUT2D eigenvalue weighted by molar-refractivity contribution is 5.97. The Bertz CT molecular complexity index is 2300. The SMILES string of the molecule is CC1(C)CCC(C)(C)c2c(N(c3ccc(-c4cccc5ccccc45)cc3)c3ccc4c(c3)C3(C5CC6CC(C5)CC3C6)C3C=CC=CC43)cccc21. The van der Waals surface area contributed by atoms with Gasteiger partial charge in [0.05, 0.1) is 5.69 Å². The molecule has 0 aromatic heterocycles. The van der Waals surface area contributed by atoms with Crippen molar-refractivity contribution in [3.63, 3.8) is 0 Å². The molecule has 1 heteroatoms. The minimum absolute atomic E-state index is 0.0759. The first-order valence-corrected chi connectivity index (χ1v) is 20.7. The van der Waals surface area contributed by atoms with Gasteiger partial charge in [0.2, 0.25) is 0 Å². The van der Waals surface area contributed by atoms with Gasteiger partial charge < -0.3 is 4.90 Å². The Hall–Kier alpha value is -4.36. The fourth-order valence-corrected chi connectivity index (χ4v) is 13.4. The number of anilines is 3. The van der Waals surface area contributed by atoms with E-state index in [2.05, 4.69) is 160 Å². The molecule has 5 aromatic carbocycles. The molecule has 0 amide bonds. The monoisotopic (exact) mass is 691 g/mol. The molecular formula is C52H53N. The molecule has 266 valence electrons. The summed E-state index contributed by atoms with van der Waals surface area (Å²) in [6.45, 7) is 9.90. The molecule has 0 radical (unpaired) electrons. The van der Waals surface area contributed by atoms with Crippen LogP contribution in [0.5, 0.6) is 0 Å². The summed E-state index contributed by atoms with van der Waals surface area (Å²) in [5.41, 5.74) is 13.3. The molecule has 1 spiro atoms. The van der Waals surface area contributed by atoms with Crippen LogP contribution in [-0.2, 0) is 16.2 Å². The van der Waals surface area contributed by atoms with E-state index in [4.69, 9.17) is 0 Å². The molecular weight excluding hydrogens is 639 g/mol. The lowest BCUT2D eigenvalue weighted by Crippen LogP contribution is -2.57. The van der Waals surface area contributed by atoms with E-state index >= 15 is 0 Å². The summed E-state index contributed by atoms with van der Waals surface area (Å²) in [5, 5.41) is 2.60. The van der Waals surface area contributed by atoms with E-state index in [-0.39, 0.29) is 16.2 Å². The van der Waals surface area contributed by atoms with Crippen LogP contribution in [0.4, 0.5) is 17.1 Å². The number of hydrogen-bond donors (Lipinski definition) is 0. The first-order valence-electron chi connectivity index (χ1n) is 20.7. The normalized spacial score (nSPS) is 30.7. The van der Waals surface area contributed by atoms with Crippen molar-refractivity contribution in [2.75, 3.05) is 4.90 Å². The molecule has 7 aliphatic carbocycles. The Labute approximate surface area is 316 Å². The lowest BCUT2D eigenvalue weighted by Gasteiger charge is -2.63. The first-order chi connectivity index (χ1) is 25.7. The molecule has 0 aliphatic heterocycles. The highest BCUT2D eigenvalue weighted by Gasteiger charge is 2.64. The van der Waals surface area contributed by atoms with Crippen LogP contribution in [-0.4, -0.2) is 0 Å². The van der Waals surface area contributed by atoms with E-state index in [9.17, 15) is 0 Å². The second kappa shape index (κ2) is 11.3. The van der Waals surface area contributed by atoms with Gasteiger partial charge in [-0.2, -0.15) is 0 Å². The molecule has 4 bridgehead atoms. The largest absolute Gasteiger partial charge is 0.310 e. The van der Waals surface area contributed by atoms with Crippen molar-refractivity contribution in [1.29, 1.82) is 0 Å². The molecule has 2 atom stereocenters. The van der Waals surface area contributed by atoms with Gasteiger partial charge in [0, 0.05) is 22.7 Å². The van der Waals surface area contributed by atoms with E-state index in [1.807, 2.05) is 0 Å². The molecule has 0 heterocycles. The number of nitrogens with zero attached hydrogens (tertiary/aromatic N) is 1. The zero-order chi connectivity index (χ0) is 35.7. The van der Waals surface area contributed by atoms with Crippen molar-refractivity contribution in [3.05, 3.63) is 150 Å². The van der Waals surface area contributed by atoms with Crippen molar-refractivity contribution in [3.8, 4) is 11.1 Å². The quantitative estimate of drug-likeness (QED) is 0.181. The maximum atomic E-state index is 2.72. The zero-order valence-corrected chi connectivity index (χ0v) is 32.0. The minimum Gasteiger partial charge on any atom is -0.310 e. The van der Waals surface area contributed by atoms with Crippen LogP contribution in [0.25, 0.3) is 21.9 Å². The summed E-state index contributed by atoms with van der Waals surface area (Å²) < 4.78 is 0. The van der Waals surface area contributed by atoms with E-state index in [0.29, 0.717) is 11.8 Å².